The van der Waals surface area contributed by atoms with Gasteiger partial charge in [0.05, 0.1) is 0 Å². The Labute approximate surface area is 107 Å². The average molecular weight is 278 g/mol. The first kappa shape index (κ1) is 12.9. The molecular formula is C14H16BrN. The van der Waals surface area contributed by atoms with Crippen molar-refractivity contribution in [1.29, 1.82) is 0 Å². The van der Waals surface area contributed by atoms with Crippen LogP contribution < -0.4 is 21.5 Å². The monoisotopic (exact) mass is 277 g/mol. The van der Waals surface area contributed by atoms with Crippen LogP contribution in [0.1, 0.15) is 11.3 Å². The van der Waals surface area contributed by atoms with E-state index in [1.807, 2.05) is 6.08 Å². The van der Waals surface area contributed by atoms with Crippen LogP contribution in [0.3, 0.4) is 0 Å². The second kappa shape index (κ2) is 5.26. The number of nitrogens with zero attached hydrogens (tertiary/aromatic N) is 1. The quantitative estimate of drug-likeness (QED) is 0.535. The van der Waals surface area contributed by atoms with E-state index < -0.39 is 0 Å². The maximum absolute atomic E-state index is 3.81. The molecule has 16 heavy (non-hydrogen) atoms. The van der Waals surface area contributed by atoms with Crippen LogP contribution in [-0.4, -0.2) is 0 Å². The Bertz CT molecular complexity index is 512. The van der Waals surface area contributed by atoms with E-state index in [1.165, 1.54) is 22.2 Å². The molecule has 2 heteroatoms. The first-order valence-corrected chi connectivity index (χ1v) is 5.23. The Morgan fingerprint density at radius 3 is 2.56 bits per heavy atom. The van der Waals surface area contributed by atoms with Gasteiger partial charge in [-0.25, -0.2) is 0 Å². The molecule has 0 aliphatic carbocycles. The number of aryl methyl sites for hydroxylation is 2. The second-order valence-electron chi connectivity index (χ2n) is 3.94. The molecule has 0 saturated heterocycles. The minimum absolute atomic E-state index is 0. The predicted molar refractivity (Wildman–Crippen MR) is 63.8 cm³/mol. The summed E-state index contributed by atoms with van der Waals surface area (Å²) in [6, 6.07) is 10.9. The Morgan fingerprint density at radius 1 is 1.19 bits per heavy atom. The highest BCUT2D eigenvalue weighted by Gasteiger charge is 2.10. The van der Waals surface area contributed by atoms with Crippen LogP contribution in [0.5, 0.6) is 0 Å². The molecule has 0 spiro atoms. The molecule has 0 saturated carbocycles. The van der Waals surface area contributed by atoms with E-state index in [4.69, 9.17) is 0 Å². The van der Waals surface area contributed by atoms with Gasteiger partial charge in [-0.1, -0.05) is 12.6 Å². The lowest BCUT2D eigenvalue weighted by Gasteiger charge is -2.03. The van der Waals surface area contributed by atoms with Gasteiger partial charge >= 0.3 is 0 Å². The van der Waals surface area contributed by atoms with Gasteiger partial charge in [-0.15, -0.1) is 0 Å². The summed E-state index contributed by atoms with van der Waals surface area (Å²) in [5.41, 5.74) is 3.86. The van der Waals surface area contributed by atoms with Gasteiger partial charge < -0.3 is 17.0 Å². The number of halogens is 1. The number of aromatic nitrogens is 1. The maximum atomic E-state index is 3.81. The molecule has 0 atom stereocenters. The summed E-state index contributed by atoms with van der Waals surface area (Å²) >= 11 is 0. The van der Waals surface area contributed by atoms with Gasteiger partial charge in [-0.05, 0) is 30.7 Å². The lowest BCUT2D eigenvalue weighted by Crippen LogP contribution is -3.00. The highest BCUT2D eigenvalue weighted by atomic mass is 79.9. The molecule has 1 nitrogen and oxygen atoms in total. The fraction of sp³-hybridized carbons (Fsp3) is 0.214. The summed E-state index contributed by atoms with van der Waals surface area (Å²) in [7, 11) is 0. The highest BCUT2D eigenvalue weighted by Crippen LogP contribution is 2.12. The molecule has 0 bridgehead atoms. The third-order valence-electron chi connectivity index (χ3n) is 2.72. The summed E-state index contributed by atoms with van der Waals surface area (Å²) in [6.07, 6.45) is 1.94. The topological polar surface area (TPSA) is 3.88 Å². The van der Waals surface area contributed by atoms with Gasteiger partial charge in [0.2, 0.25) is 5.52 Å². The normalized spacial score (nSPS) is 9.88. The Morgan fingerprint density at radius 2 is 1.88 bits per heavy atom. The third-order valence-corrected chi connectivity index (χ3v) is 2.72. The zero-order chi connectivity index (χ0) is 10.8. The van der Waals surface area contributed by atoms with Crippen molar-refractivity contribution in [3.8, 4) is 0 Å². The molecule has 0 unspecified atom stereocenters. The molecule has 0 N–H and O–H groups in total. The van der Waals surface area contributed by atoms with Crippen molar-refractivity contribution in [3.05, 3.63) is 54.2 Å². The number of hydrogen-bond acceptors (Lipinski definition) is 0. The Kier molecular flexibility index (Phi) is 4.25. The van der Waals surface area contributed by atoms with E-state index in [9.17, 15) is 0 Å². The Balaban J connectivity index is 0.00000128. The molecule has 0 amide bonds. The van der Waals surface area contributed by atoms with Crippen molar-refractivity contribution < 1.29 is 21.5 Å². The van der Waals surface area contributed by atoms with Crippen molar-refractivity contribution in [2.45, 2.75) is 20.4 Å². The Hall–Kier alpha value is -1.15. The van der Waals surface area contributed by atoms with Crippen LogP contribution in [-0.2, 0) is 6.54 Å². The van der Waals surface area contributed by atoms with Crippen molar-refractivity contribution in [3.63, 3.8) is 0 Å². The SMILES string of the molecule is C=CC[n+]1c(C)ccc2ccc(C)cc21.[Br-]. The number of rotatable bonds is 2. The largest absolute Gasteiger partial charge is 1.00 e. The van der Waals surface area contributed by atoms with Crippen molar-refractivity contribution in [2.24, 2.45) is 0 Å². The highest BCUT2D eigenvalue weighted by molar-refractivity contribution is 5.76. The zero-order valence-corrected chi connectivity index (χ0v) is 11.3. The third kappa shape index (κ3) is 2.33. The molecule has 84 valence electrons. The van der Waals surface area contributed by atoms with Crippen LogP contribution in [0.15, 0.2) is 43.0 Å². The summed E-state index contributed by atoms with van der Waals surface area (Å²) < 4.78 is 2.29. The minimum atomic E-state index is 0. The van der Waals surface area contributed by atoms with E-state index in [0.717, 1.165) is 6.54 Å². The molecule has 1 heterocycles. The molecule has 0 aliphatic rings. The lowest BCUT2D eigenvalue weighted by molar-refractivity contribution is -0.667. The first-order valence-electron chi connectivity index (χ1n) is 5.23. The molecule has 1 aromatic heterocycles. The van der Waals surface area contributed by atoms with Crippen molar-refractivity contribution in [1.82, 2.24) is 0 Å². The summed E-state index contributed by atoms with van der Waals surface area (Å²) in [5.74, 6) is 0. The fourth-order valence-corrected chi connectivity index (χ4v) is 1.89. The number of fused-ring (bicyclic) bond motifs is 1. The predicted octanol–water partition coefficient (Wildman–Crippen LogP) is -0.0659. The number of pyridine rings is 1. The van der Waals surface area contributed by atoms with Gasteiger partial charge in [0.25, 0.3) is 0 Å². The van der Waals surface area contributed by atoms with E-state index in [2.05, 4.69) is 55.3 Å². The average Bonchev–Trinajstić information content (AvgIpc) is 2.23. The number of hydrogen-bond donors (Lipinski definition) is 0. The number of benzene rings is 1. The van der Waals surface area contributed by atoms with Crippen LogP contribution in [0, 0.1) is 13.8 Å². The van der Waals surface area contributed by atoms with E-state index in [1.54, 1.807) is 0 Å². The van der Waals surface area contributed by atoms with Crippen LogP contribution in [0.25, 0.3) is 10.9 Å². The van der Waals surface area contributed by atoms with Crippen molar-refractivity contribution >= 4 is 10.9 Å². The van der Waals surface area contributed by atoms with Crippen LogP contribution >= 0.6 is 0 Å². The standard InChI is InChI=1S/C14H16N.BrH/c1-4-9-15-12(3)6-8-13-7-5-11(2)10-14(13)15;/h4-8,10H,1,9H2,2-3H3;1H/q+1;/p-1. The van der Waals surface area contributed by atoms with Crippen LogP contribution in [0.2, 0.25) is 0 Å². The molecule has 0 radical (unpaired) electrons. The van der Waals surface area contributed by atoms with Gasteiger partial charge in [-0.3, -0.25) is 0 Å². The zero-order valence-electron chi connectivity index (χ0n) is 9.70. The molecule has 0 fully saturated rings. The van der Waals surface area contributed by atoms with E-state index in [-0.39, 0.29) is 17.0 Å². The maximum Gasteiger partial charge on any atom is 0.213 e. The molecule has 1 aromatic carbocycles. The van der Waals surface area contributed by atoms with E-state index in [0.29, 0.717) is 0 Å². The fourth-order valence-electron chi connectivity index (χ4n) is 1.89. The summed E-state index contributed by atoms with van der Waals surface area (Å²) in [6.45, 7) is 8.93. The summed E-state index contributed by atoms with van der Waals surface area (Å²) in [4.78, 5) is 0. The smallest absolute Gasteiger partial charge is 0.213 e. The van der Waals surface area contributed by atoms with Gasteiger partial charge in [0.15, 0.2) is 12.2 Å². The summed E-state index contributed by atoms with van der Waals surface area (Å²) in [5, 5.41) is 1.29. The van der Waals surface area contributed by atoms with E-state index >= 15 is 0 Å². The minimum Gasteiger partial charge on any atom is -1.00 e. The van der Waals surface area contributed by atoms with Gasteiger partial charge in [0.1, 0.15) is 0 Å². The molecule has 2 aromatic rings. The molecule has 2 rings (SSSR count). The van der Waals surface area contributed by atoms with Crippen molar-refractivity contribution in [2.75, 3.05) is 0 Å². The first-order chi connectivity index (χ1) is 7.22. The van der Waals surface area contributed by atoms with Gasteiger partial charge in [-0.2, -0.15) is 4.57 Å². The molecular weight excluding hydrogens is 262 g/mol. The lowest BCUT2D eigenvalue weighted by atomic mass is 10.1. The number of allylic oxidation sites excluding steroid dienone is 1. The molecule has 0 aliphatic heterocycles. The second-order valence-corrected chi connectivity index (χ2v) is 3.94. The van der Waals surface area contributed by atoms with Gasteiger partial charge in [0, 0.05) is 24.4 Å². The van der Waals surface area contributed by atoms with Crippen LogP contribution in [0.4, 0.5) is 0 Å².